The van der Waals surface area contributed by atoms with Crippen molar-refractivity contribution >= 4 is 23.1 Å². The molecule has 3 nitrogen and oxygen atoms in total. The lowest BCUT2D eigenvalue weighted by molar-refractivity contribution is 0.452. The fourth-order valence-electron chi connectivity index (χ4n) is 1.85. The van der Waals surface area contributed by atoms with Crippen molar-refractivity contribution in [2.45, 2.75) is 25.4 Å². The maximum Gasteiger partial charge on any atom is 0.109 e. The molecule has 2 rings (SSSR count). The third-order valence-electron chi connectivity index (χ3n) is 2.77. The fourth-order valence-corrected chi connectivity index (χ4v) is 3.59. The summed E-state index contributed by atoms with van der Waals surface area (Å²) in [7, 11) is 0. The summed E-state index contributed by atoms with van der Waals surface area (Å²) in [5.74, 6) is 2.47. The molecule has 0 spiro atoms. The first kappa shape index (κ1) is 12.4. The Kier molecular flexibility index (Phi) is 5.09. The molecule has 0 bridgehead atoms. The van der Waals surface area contributed by atoms with Crippen molar-refractivity contribution in [3.8, 4) is 0 Å². The lowest BCUT2D eigenvalue weighted by Gasteiger charge is -2.25. The first-order valence-electron chi connectivity index (χ1n) is 5.84. The van der Waals surface area contributed by atoms with Crippen LogP contribution in [0.2, 0.25) is 0 Å². The number of thiazole rings is 1. The highest BCUT2D eigenvalue weighted by Gasteiger charge is 2.16. The molecule has 2 heterocycles. The van der Waals surface area contributed by atoms with Crippen LogP contribution in [0, 0.1) is 0 Å². The van der Waals surface area contributed by atoms with Crippen LogP contribution in [0.15, 0.2) is 11.6 Å². The van der Waals surface area contributed by atoms with E-state index in [-0.39, 0.29) is 0 Å². The SMILES string of the molecule is CCC(NCC1CSCCN1)c1nccs1. The van der Waals surface area contributed by atoms with Gasteiger partial charge in [-0.25, -0.2) is 4.98 Å². The van der Waals surface area contributed by atoms with Crippen molar-refractivity contribution in [3.05, 3.63) is 16.6 Å². The highest BCUT2D eigenvalue weighted by molar-refractivity contribution is 7.99. The van der Waals surface area contributed by atoms with E-state index in [1.165, 1.54) is 16.5 Å². The molecule has 2 N–H and O–H groups in total. The second kappa shape index (κ2) is 6.59. The number of rotatable bonds is 5. The first-order valence-corrected chi connectivity index (χ1v) is 7.87. The van der Waals surface area contributed by atoms with Gasteiger partial charge >= 0.3 is 0 Å². The van der Waals surface area contributed by atoms with Crippen molar-refractivity contribution in [2.75, 3.05) is 24.6 Å². The van der Waals surface area contributed by atoms with Gasteiger partial charge in [-0.3, -0.25) is 0 Å². The molecule has 16 heavy (non-hydrogen) atoms. The van der Waals surface area contributed by atoms with E-state index in [4.69, 9.17) is 0 Å². The number of hydrogen-bond acceptors (Lipinski definition) is 5. The standard InChI is InChI=1S/C11H19N3S2/c1-2-10(11-13-4-6-16-11)14-7-9-8-15-5-3-12-9/h4,6,9-10,12,14H,2-3,5,7-8H2,1H3. The molecular formula is C11H19N3S2. The normalized spacial score (nSPS) is 23.2. The molecule has 1 aliphatic heterocycles. The Morgan fingerprint density at radius 1 is 1.69 bits per heavy atom. The van der Waals surface area contributed by atoms with Crippen LogP contribution < -0.4 is 10.6 Å². The van der Waals surface area contributed by atoms with Crippen LogP contribution in [-0.4, -0.2) is 35.6 Å². The van der Waals surface area contributed by atoms with E-state index in [1.54, 1.807) is 11.3 Å². The summed E-state index contributed by atoms with van der Waals surface area (Å²) in [5.41, 5.74) is 0. The average Bonchev–Trinajstić information content (AvgIpc) is 2.85. The Balaban J connectivity index is 1.78. The third kappa shape index (κ3) is 3.45. The minimum Gasteiger partial charge on any atom is -0.311 e. The van der Waals surface area contributed by atoms with E-state index in [0.717, 1.165) is 19.5 Å². The van der Waals surface area contributed by atoms with Gasteiger partial charge in [0, 0.05) is 42.2 Å². The van der Waals surface area contributed by atoms with Crippen LogP contribution in [0.3, 0.4) is 0 Å². The van der Waals surface area contributed by atoms with Crippen molar-refractivity contribution < 1.29 is 0 Å². The van der Waals surface area contributed by atoms with Crippen molar-refractivity contribution in [1.82, 2.24) is 15.6 Å². The van der Waals surface area contributed by atoms with Crippen molar-refractivity contribution in [1.29, 1.82) is 0 Å². The van der Waals surface area contributed by atoms with Gasteiger partial charge in [0.05, 0.1) is 6.04 Å². The highest BCUT2D eigenvalue weighted by Crippen LogP contribution is 2.18. The molecule has 1 aromatic rings. The van der Waals surface area contributed by atoms with Crippen LogP contribution in [0.1, 0.15) is 24.4 Å². The zero-order valence-corrected chi connectivity index (χ0v) is 11.2. The molecule has 5 heteroatoms. The number of thioether (sulfide) groups is 1. The summed E-state index contributed by atoms with van der Waals surface area (Å²) in [6, 6.07) is 1.04. The first-order chi connectivity index (χ1) is 7.90. The van der Waals surface area contributed by atoms with Gasteiger partial charge in [-0.15, -0.1) is 11.3 Å². The number of aromatic nitrogens is 1. The largest absolute Gasteiger partial charge is 0.311 e. The molecule has 1 aromatic heterocycles. The number of hydrogen-bond donors (Lipinski definition) is 2. The highest BCUT2D eigenvalue weighted by atomic mass is 32.2. The maximum atomic E-state index is 4.38. The zero-order valence-electron chi connectivity index (χ0n) is 9.61. The Morgan fingerprint density at radius 3 is 3.25 bits per heavy atom. The molecule has 0 amide bonds. The van der Waals surface area contributed by atoms with Gasteiger partial charge in [-0.1, -0.05) is 6.92 Å². The van der Waals surface area contributed by atoms with E-state index in [9.17, 15) is 0 Å². The summed E-state index contributed by atoms with van der Waals surface area (Å²) < 4.78 is 0. The zero-order chi connectivity index (χ0) is 11.2. The molecular weight excluding hydrogens is 238 g/mol. The van der Waals surface area contributed by atoms with Gasteiger partial charge in [-0.2, -0.15) is 11.8 Å². The number of nitrogens with one attached hydrogen (secondary N) is 2. The Hall–Kier alpha value is -0.100. The molecule has 1 saturated heterocycles. The summed E-state index contributed by atoms with van der Waals surface area (Å²) in [6.45, 7) is 4.40. The molecule has 0 radical (unpaired) electrons. The topological polar surface area (TPSA) is 37.0 Å². The molecule has 1 aliphatic rings. The Bertz CT molecular complexity index is 283. The van der Waals surface area contributed by atoms with E-state index < -0.39 is 0 Å². The summed E-state index contributed by atoms with van der Waals surface area (Å²) in [4.78, 5) is 4.38. The van der Waals surface area contributed by atoms with Crippen molar-refractivity contribution in [2.24, 2.45) is 0 Å². The monoisotopic (exact) mass is 257 g/mol. The van der Waals surface area contributed by atoms with Crippen LogP contribution >= 0.6 is 23.1 Å². The Labute approximate surface area is 105 Å². The predicted molar refractivity (Wildman–Crippen MR) is 72.3 cm³/mol. The minimum atomic E-state index is 0.425. The molecule has 2 atom stereocenters. The average molecular weight is 257 g/mol. The van der Waals surface area contributed by atoms with E-state index in [2.05, 4.69) is 22.5 Å². The molecule has 0 aromatic carbocycles. The van der Waals surface area contributed by atoms with E-state index >= 15 is 0 Å². The van der Waals surface area contributed by atoms with Crippen LogP contribution in [0.25, 0.3) is 0 Å². The lowest BCUT2D eigenvalue weighted by Crippen LogP contribution is -2.45. The van der Waals surface area contributed by atoms with Gasteiger partial charge in [0.15, 0.2) is 0 Å². The molecule has 0 saturated carbocycles. The van der Waals surface area contributed by atoms with Crippen LogP contribution in [0.4, 0.5) is 0 Å². The summed E-state index contributed by atoms with van der Waals surface area (Å²) >= 11 is 3.79. The smallest absolute Gasteiger partial charge is 0.109 e. The van der Waals surface area contributed by atoms with E-state index in [1.807, 2.05) is 23.3 Å². The second-order valence-corrected chi connectivity index (χ2v) is 6.04. The van der Waals surface area contributed by atoms with Gasteiger partial charge in [0.2, 0.25) is 0 Å². The third-order valence-corrected chi connectivity index (χ3v) is 4.79. The van der Waals surface area contributed by atoms with Crippen LogP contribution in [0.5, 0.6) is 0 Å². The van der Waals surface area contributed by atoms with Crippen molar-refractivity contribution in [3.63, 3.8) is 0 Å². The second-order valence-electron chi connectivity index (χ2n) is 3.97. The maximum absolute atomic E-state index is 4.38. The molecule has 90 valence electrons. The summed E-state index contributed by atoms with van der Waals surface area (Å²) in [6.07, 6.45) is 2.99. The van der Waals surface area contributed by atoms with Gasteiger partial charge < -0.3 is 10.6 Å². The van der Waals surface area contributed by atoms with Gasteiger partial charge in [0.1, 0.15) is 5.01 Å². The van der Waals surface area contributed by atoms with E-state index in [0.29, 0.717) is 12.1 Å². The summed E-state index contributed by atoms with van der Waals surface area (Å²) in [5, 5.41) is 10.4. The lowest BCUT2D eigenvalue weighted by atomic mass is 10.2. The quantitative estimate of drug-likeness (QED) is 0.844. The van der Waals surface area contributed by atoms with Crippen LogP contribution in [-0.2, 0) is 0 Å². The minimum absolute atomic E-state index is 0.425. The van der Waals surface area contributed by atoms with Gasteiger partial charge in [0.25, 0.3) is 0 Å². The Morgan fingerprint density at radius 2 is 2.62 bits per heavy atom. The fraction of sp³-hybridized carbons (Fsp3) is 0.727. The molecule has 2 unspecified atom stereocenters. The number of nitrogens with zero attached hydrogens (tertiary/aromatic N) is 1. The van der Waals surface area contributed by atoms with Gasteiger partial charge in [-0.05, 0) is 6.42 Å². The predicted octanol–water partition coefficient (Wildman–Crippen LogP) is 1.89. The molecule has 0 aliphatic carbocycles. The molecule has 1 fully saturated rings.